The van der Waals surface area contributed by atoms with Crippen molar-refractivity contribution < 1.29 is 4.42 Å². The Morgan fingerprint density at radius 2 is 2.04 bits per heavy atom. The van der Waals surface area contributed by atoms with Crippen LogP contribution in [0.4, 0.5) is 0 Å². The van der Waals surface area contributed by atoms with Gasteiger partial charge in [0.25, 0.3) is 0 Å². The second-order valence-corrected chi connectivity index (χ2v) is 8.62. The number of nitrogens with one attached hydrogen (secondary N) is 2. The molecule has 1 fully saturated rings. The Morgan fingerprint density at radius 3 is 2.65 bits per heavy atom. The maximum absolute atomic E-state index is 5.82. The highest BCUT2D eigenvalue weighted by Gasteiger charge is 2.38. The molecule has 26 heavy (non-hydrogen) atoms. The number of aliphatic imine (C=N–C) groups is 1. The molecule has 3 rings (SSSR count). The zero-order valence-corrected chi connectivity index (χ0v) is 17.4. The van der Waals surface area contributed by atoms with Crippen LogP contribution in [0.15, 0.2) is 44.3 Å². The van der Waals surface area contributed by atoms with E-state index >= 15 is 0 Å². The van der Waals surface area contributed by atoms with E-state index in [-0.39, 0.29) is 5.41 Å². The highest BCUT2D eigenvalue weighted by Crippen LogP contribution is 2.41. The largest absolute Gasteiger partial charge is 0.443 e. The minimum absolute atomic E-state index is 0.0381. The fraction of sp³-hybridized carbons (Fsp3) is 0.500. The first-order valence-electron chi connectivity index (χ1n) is 9.12. The first-order valence-corrected chi connectivity index (χ1v) is 9.91. The number of oxazole rings is 1. The van der Waals surface area contributed by atoms with Gasteiger partial charge in [0.15, 0.2) is 5.96 Å². The monoisotopic (exact) mass is 418 g/mol. The summed E-state index contributed by atoms with van der Waals surface area (Å²) in [5.41, 5.74) is 1.33. The van der Waals surface area contributed by atoms with Crippen molar-refractivity contribution in [2.45, 2.75) is 58.0 Å². The molecule has 0 spiro atoms. The number of nitrogens with zero attached hydrogens (tertiary/aromatic N) is 2. The third-order valence-corrected chi connectivity index (χ3v) is 4.95. The van der Waals surface area contributed by atoms with Gasteiger partial charge in [-0.3, -0.25) is 0 Å². The number of guanidine groups is 1. The van der Waals surface area contributed by atoms with Crippen LogP contribution in [0.2, 0.25) is 0 Å². The predicted molar refractivity (Wildman–Crippen MR) is 108 cm³/mol. The molecule has 140 valence electrons. The second-order valence-electron chi connectivity index (χ2n) is 7.71. The lowest BCUT2D eigenvalue weighted by atomic mass is 9.94. The maximum Gasteiger partial charge on any atom is 0.216 e. The fourth-order valence-corrected chi connectivity index (χ4v) is 3.07. The van der Waals surface area contributed by atoms with Crippen LogP contribution < -0.4 is 10.6 Å². The highest BCUT2D eigenvalue weighted by molar-refractivity contribution is 9.10. The molecular weight excluding hydrogens is 392 g/mol. The van der Waals surface area contributed by atoms with Gasteiger partial charge in [-0.2, -0.15) is 0 Å². The Labute approximate surface area is 163 Å². The summed E-state index contributed by atoms with van der Waals surface area (Å²) in [7, 11) is 0. The third kappa shape index (κ3) is 4.87. The summed E-state index contributed by atoms with van der Waals surface area (Å²) in [6, 6.07) is 8.98. The Bertz CT molecular complexity index is 761. The zero-order valence-electron chi connectivity index (χ0n) is 15.8. The number of hydrogen-bond donors (Lipinski definition) is 2. The number of halogens is 1. The average molecular weight is 419 g/mol. The molecule has 2 N–H and O–H groups in total. The lowest BCUT2D eigenvalue weighted by Gasteiger charge is -2.13. The van der Waals surface area contributed by atoms with Crippen molar-refractivity contribution in [1.29, 1.82) is 0 Å². The summed E-state index contributed by atoms with van der Waals surface area (Å²) >= 11 is 3.49. The summed E-state index contributed by atoms with van der Waals surface area (Å²) in [6.07, 6.45) is 2.93. The summed E-state index contributed by atoms with van der Waals surface area (Å²) < 4.78 is 6.93. The summed E-state index contributed by atoms with van der Waals surface area (Å²) in [5, 5.41) is 6.82. The molecule has 1 aromatic carbocycles. The molecule has 1 aliphatic rings. The molecular formula is C20H27BrN4O. The van der Waals surface area contributed by atoms with E-state index in [1.807, 2.05) is 0 Å². The van der Waals surface area contributed by atoms with Crippen LogP contribution in [0.3, 0.4) is 0 Å². The van der Waals surface area contributed by atoms with E-state index in [2.05, 4.69) is 88.5 Å². The van der Waals surface area contributed by atoms with Crippen molar-refractivity contribution in [3.8, 4) is 0 Å². The van der Waals surface area contributed by atoms with Crippen LogP contribution in [0, 0.1) is 0 Å². The molecule has 1 saturated carbocycles. The van der Waals surface area contributed by atoms with E-state index in [4.69, 9.17) is 4.42 Å². The van der Waals surface area contributed by atoms with Gasteiger partial charge in [0.05, 0.1) is 6.20 Å². The van der Waals surface area contributed by atoms with Crippen molar-refractivity contribution in [2.75, 3.05) is 6.54 Å². The molecule has 0 amide bonds. The van der Waals surface area contributed by atoms with E-state index in [1.54, 1.807) is 6.20 Å². The van der Waals surface area contributed by atoms with E-state index in [0.717, 1.165) is 29.2 Å². The Balaban J connectivity index is 1.60. The van der Waals surface area contributed by atoms with Crippen molar-refractivity contribution in [3.05, 3.63) is 52.1 Å². The average Bonchev–Trinajstić information content (AvgIpc) is 3.16. The zero-order chi connectivity index (χ0) is 18.7. The lowest BCUT2D eigenvalue weighted by Crippen LogP contribution is -2.39. The molecule has 1 aromatic heterocycles. The fourth-order valence-electron chi connectivity index (χ4n) is 2.81. The molecule has 2 aromatic rings. The van der Waals surface area contributed by atoms with Crippen molar-refractivity contribution in [1.82, 2.24) is 15.6 Å². The van der Waals surface area contributed by atoms with Gasteiger partial charge in [0.2, 0.25) is 5.89 Å². The molecule has 6 heteroatoms. The number of hydrogen-bond acceptors (Lipinski definition) is 3. The van der Waals surface area contributed by atoms with Gasteiger partial charge in [0.1, 0.15) is 12.3 Å². The van der Waals surface area contributed by atoms with Gasteiger partial charge < -0.3 is 15.1 Å². The van der Waals surface area contributed by atoms with Gasteiger partial charge in [-0.15, -0.1) is 0 Å². The minimum atomic E-state index is -0.0381. The van der Waals surface area contributed by atoms with Crippen LogP contribution >= 0.6 is 15.9 Å². The van der Waals surface area contributed by atoms with Crippen LogP contribution in [0.25, 0.3) is 0 Å². The number of rotatable bonds is 5. The van der Waals surface area contributed by atoms with Crippen LogP contribution in [-0.2, 0) is 12.0 Å². The van der Waals surface area contributed by atoms with Gasteiger partial charge in [-0.05, 0) is 31.0 Å². The van der Waals surface area contributed by atoms with Crippen LogP contribution in [0.1, 0.15) is 57.2 Å². The molecule has 0 radical (unpaired) electrons. The van der Waals surface area contributed by atoms with E-state index < -0.39 is 0 Å². The molecule has 0 saturated heterocycles. The first-order chi connectivity index (χ1) is 12.4. The van der Waals surface area contributed by atoms with Gasteiger partial charge in [-0.1, -0.05) is 48.8 Å². The minimum Gasteiger partial charge on any atom is -0.443 e. The molecule has 1 aliphatic carbocycles. The standard InChI is InChI=1S/C20H27BrN4O/c1-5-22-19(24-12-18-23-11-17(26-18)20(2,3)4)25-16-10-15(16)13-6-8-14(21)9-7-13/h6-9,11,15-16H,5,10,12H2,1-4H3,(H2,22,24,25). The first kappa shape index (κ1) is 19.0. The van der Waals surface area contributed by atoms with E-state index in [9.17, 15) is 0 Å². The van der Waals surface area contributed by atoms with Gasteiger partial charge in [-0.25, -0.2) is 9.98 Å². The lowest BCUT2D eigenvalue weighted by molar-refractivity contribution is 0.383. The van der Waals surface area contributed by atoms with Crippen LogP contribution in [0.5, 0.6) is 0 Å². The molecule has 0 aliphatic heterocycles. The quantitative estimate of drug-likeness (QED) is 0.559. The SMILES string of the molecule is CCNC(=NCc1ncc(C(C)(C)C)o1)NC1CC1c1ccc(Br)cc1. The number of benzene rings is 1. The summed E-state index contributed by atoms with van der Waals surface area (Å²) in [5.74, 6) is 2.89. The Morgan fingerprint density at radius 1 is 1.31 bits per heavy atom. The smallest absolute Gasteiger partial charge is 0.216 e. The van der Waals surface area contributed by atoms with Gasteiger partial charge >= 0.3 is 0 Å². The Hall–Kier alpha value is -1.82. The number of aromatic nitrogens is 1. The normalized spacial score (nSPS) is 20.1. The highest BCUT2D eigenvalue weighted by atomic mass is 79.9. The van der Waals surface area contributed by atoms with Crippen molar-refractivity contribution >= 4 is 21.9 Å². The second kappa shape index (κ2) is 7.82. The topological polar surface area (TPSA) is 62.5 Å². The van der Waals surface area contributed by atoms with Crippen molar-refractivity contribution in [2.24, 2.45) is 4.99 Å². The van der Waals surface area contributed by atoms with Gasteiger partial charge in [0, 0.05) is 28.4 Å². The van der Waals surface area contributed by atoms with E-state index in [1.165, 1.54) is 5.56 Å². The van der Waals surface area contributed by atoms with Crippen molar-refractivity contribution in [3.63, 3.8) is 0 Å². The van der Waals surface area contributed by atoms with Crippen LogP contribution in [-0.4, -0.2) is 23.5 Å². The molecule has 2 unspecified atom stereocenters. The predicted octanol–water partition coefficient (Wildman–Crippen LogP) is 4.35. The van der Waals surface area contributed by atoms with E-state index in [0.29, 0.717) is 24.4 Å². The Kier molecular flexibility index (Phi) is 5.70. The molecule has 1 heterocycles. The molecule has 5 nitrogen and oxygen atoms in total. The summed E-state index contributed by atoms with van der Waals surface area (Å²) in [6.45, 7) is 9.66. The summed E-state index contributed by atoms with van der Waals surface area (Å²) in [4.78, 5) is 8.98. The molecule has 0 bridgehead atoms. The maximum atomic E-state index is 5.82. The third-order valence-electron chi connectivity index (χ3n) is 4.42. The molecule has 2 atom stereocenters.